The molecular weight excluding hydrogens is 338 g/mol. The number of rotatable bonds is 4. The molecule has 3 heterocycles. The molecule has 0 amide bonds. The summed E-state index contributed by atoms with van der Waals surface area (Å²) in [6, 6.07) is 10.1. The Morgan fingerprint density at radius 3 is 2.74 bits per heavy atom. The maximum atomic E-state index is 11.7. The molecule has 1 aromatic carbocycles. The lowest BCUT2D eigenvalue weighted by Gasteiger charge is -2.30. The fourth-order valence-corrected chi connectivity index (χ4v) is 4.01. The van der Waals surface area contributed by atoms with Crippen molar-refractivity contribution >= 4 is 22.7 Å². The number of pyridine rings is 1. The molecule has 0 fully saturated rings. The van der Waals surface area contributed by atoms with Crippen molar-refractivity contribution < 1.29 is 9.90 Å². The molecule has 4 rings (SSSR count). The smallest absolute Gasteiger partial charge is 0.354 e. The number of aryl methyl sites for hydroxylation is 1. The van der Waals surface area contributed by atoms with E-state index in [4.69, 9.17) is 0 Å². The van der Waals surface area contributed by atoms with E-state index in [1.165, 1.54) is 11.1 Å². The third kappa shape index (κ3) is 2.79. The maximum Gasteiger partial charge on any atom is 0.354 e. The summed E-state index contributed by atoms with van der Waals surface area (Å²) >= 11 is 0. The molecule has 0 saturated carbocycles. The van der Waals surface area contributed by atoms with Crippen LogP contribution in [-0.2, 0) is 19.5 Å². The molecule has 0 radical (unpaired) electrons. The first-order valence-electron chi connectivity index (χ1n) is 9.17. The largest absolute Gasteiger partial charge is 0.477 e. The fraction of sp³-hybridized carbons (Fsp3) is 0.273. The Morgan fingerprint density at radius 2 is 2.04 bits per heavy atom. The predicted octanol–water partition coefficient (Wildman–Crippen LogP) is 4.10. The second-order valence-corrected chi connectivity index (χ2v) is 7.08. The van der Waals surface area contributed by atoms with E-state index in [2.05, 4.69) is 46.2 Å². The Kier molecular flexibility index (Phi) is 4.22. The van der Waals surface area contributed by atoms with Gasteiger partial charge in [0.1, 0.15) is 0 Å². The van der Waals surface area contributed by atoms with Crippen molar-refractivity contribution in [2.45, 2.75) is 33.4 Å². The van der Waals surface area contributed by atoms with Crippen molar-refractivity contribution in [2.24, 2.45) is 0 Å². The number of hydrogen-bond acceptors (Lipinski definition) is 3. The van der Waals surface area contributed by atoms with Crippen molar-refractivity contribution in [2.75, 3.05) is 11.4 Å². The van der Waals surface area contributed by atoms with Gasteiger partial charge in [0.15, 0.2) is 11.5 Å². The van der Waals surface area contributed by atoms with Gasteiger partial charge >= 0.3 is 5.97 Å². The molecule has 1 aliphatic rings. The Hall–Kier alpha value is -3.08. The number of allylic oxidation sites excluding steroid dienone is 1. The van der Waals surface area contributed by atoms with E-state index < -0.39 is 5.97 Å². The highest BCUT2D eigenvalue weighted by molar-refractivity contribution is 5.99. The quantitative estimate of drug-likeness (QED) is 0.711. The number of anilines is 1. The van der Waals surface area contributed by atoms with Crippen LogP contribution in [0.4, 0.5) is 5.82 Å². The summed E-state index contributed by atoms with van der Waals surface area (Å²) in [7, 11) is 0. The molecule has 0 atom stereocenters. The average Bonchev–Trinajstić information content (AvgIpc) is 2.92. The third-order valence-corrected chi connectivity index (χ3v) is 5.56. The van der Waals surface area contributed by atoms with Gasteiger partial charge in [-0.05, 0) is 43.0 Å². The van der Waals surface area contributed by atoms with Crippen molar-refractivity contribution in [1.29, 1.82) is 0 Å². The fourth-order valence-electron chi connectivity index (χ4n) is 4.01. The van der Waals surface area contributed by atoms with Crippen LogP contribution < -0.4 is 4.90 Å². The minimum atomic E-state index is -0.996. The molecule has 2 aromatic heterocycles. The van der Waals surface area contributed by atoms with E-state index in [0.29, 0.717) is 6.54 Å². The van der Waals surface area contributed by atoms with Crippen molar-refractivity contribution in [3.8, 4) is 0 Å². The van der Waals surface area contributed by atoms with E-state index in [-0.39, 0.29) is 5.69 Å². The molecule has 138 valence electrons. The second-order valence-electron chi connectivity index (χ2n) is 7.08. The number of aromatic nitrogens is 2. The molecule has 5 nitrogen and oxygen atoms in total. The highest BCUT2D eigenvalue weighted by Crippen LogP contribution is 2.34. The minimum Gasteiger partial charge on any atom is -0.477 e. The van der Waals surface area contributed by atoms with Crippen LogP contribution in [0, 0.1) is 13.8 Å². The average molecular weight is 361 g/mol. The topological polar surface area (TPSA) is 58.4 Å². The number of carboxylic acid groups (broad SMARTS) is 1. The van der Waals surface area contributed by atoms with E-state index >= 15 is 0 Å². The Labute approximate surface area is 158 Å². The normalized spacial score (nSPS) is 13.6. The van der Waals surface area contributed by atoms with Crippen molar-refractivity contribution in [1.82, 2.24) is 9.55 Å². The molecule has 0 bridgehead atoms. The molecule has 5 heteroatoms. The molecule has 0 saturated heterocycles. The van der Waals surface area contributed by atoms with Crippen LogP contribution in [0.3, 0.4) is 0 Å². The lowest BCUT2D eigenvalue weighted by atomic mass is 10.00. The summed E-state index contributed by atoms with van der Waals surface area (Å²) in [5.74, 6) is -0.249. The molecule has 0 spiro atoms. The van der Waals surface area contributed by atoms with Gasteiger partial charge < -0.3 is 14.6 Å². The van der Waals surface area contributed by atoms with E-state index in [9.17, 15) is 9.90 Å². The SMILES string of the molecule is C=CCn1c(C)c(C)c2cc(C(=O)O)nc(N3CCc4ccccc4C3)c21. The molecule has 0 unspecified atom stereocenters. The van der Waals surface area contributed by atoms with E-state index in [1.54, 1.807) is 6.07 Å². The highest BCUT2D eigenvalue weighted by atomic mass is 16.4. The number of hydrogen-bond donors (Lipinski definition) is 1. The Balaban J connectivity index is 1.94. The standard InChI is InChI=1S/C22H23N3O2/c1-4-10-25-15(3)14(2)18-12-19(22(26)27)23-21(20(18)25)24-11-9-16-7-5-6-8-17(16)13-24/h4-8,12H,1,9-11,13H2,2-3H3,(H,26,27). The molecule has 1 aliphatic heterocycles. The van der Waals surface area contributed by atoms with Crippen molar-refractivity contribution in [3.05, 3.63) is 71.1 Å². The van der Waals surface area contributed by atoms with Gasteiger partial charge in [0.05, 0.1) is 5.52 Å². The number of fused-ring (bicyclic) bond motifs is 2. The number of aromatic carboxylic acids is 1. The van der Waals surface area contributed by atoms with Crippen molar-refractivity contribution in [3.63, 3.8) is 0 Å². The van der Waals surface area contributed by atoms with E-state index in [1.807, 2.05) is 19.1 Å². The zero-order valence-electron chi connectivity index (χ0n) is 15.7. The molecule has 1 N–H and O–H groups in total. The number of nitrogens with zero attached hydrogens (tertiary/aromatic N) is 3. The van der Waals surface area contributed by atoms with E-state index in [0.717, 1.165) is 47.5 Å². The first-order valence-corrected chi connectivity index (χ1v) is 9.17. The monoisotopic (exact) mass is 361 g/mol. The minimum absolute atomic E-state index is 0.0928. The lowest BCUT2D eigenvalue weighted by molar-refractivity contribution is 0.0691. The highest BCUT2D eigenvalue weighted by Gasteiger charge is 2.24. The predicted molar refractivity (Wildman–Crippen MR) is 108 cm³/mol. The molecule has 3 aromatic rings. The van der Waals surface area contributed by atoms with Crippen LogP contribution in [0.1, 0.15) is 32.9 Å². The molecule has 0 aliphatic carbocycles. The zero-order chi connectivity index (χ0) is 19.1. The molecule has 27 heavy (non-hydrogen) atoms. The number of carbonyl (C=O) groups is 1. The van der Waals surface area contributed by atoms with Crippen LogP contribution in [0.25, 0.3) is 10.9 Å². The summed E-state index contributed by atoms with van der Waals surface area (Å²) in [6.07, 6.45) is 2.79. The maximum absolute atomic E-state index is 11.7. The summed E-state index contributed by atoms with van der Waals surface area (Å²) in [5.41, 5.74) is 5.93. The summed E-state index contributed by atoms with van der Waals surface area (Å²) in [5, 5.41) is 10.5. The summed E-state index contributed by atoms with van der Waals surface area (Å²) in [4.78, 5) is 18.5. The van der Waals surface area contributed by atoms with Crippen LogP contribution in [0.2, 0.25) is 0 Å². The van der Waals surface area contributed by atoms with Gasteiger partial charge in [-0.25, -0.2) is 9.78 Å². The van der Waals surface area contributed by atoms with Gasteiger partial charge in [-0.2, -0.15) is 0 Å². The second kappa shape index (κ2) is 6.58. The Morgan fingerprint density at radius 1 is 1.30 bits per heavy atom. The van der Waals surface area contributed by atoms with Gasteiger partial charge in [0, 0.05) is 30.7 Å². The van der Waals surface area contributed by atoms with Gasteiger partial charge in [-0.15, -0.1) is 6.58 Å². The first kappa shape index (κ1) is 17.3. The van der Waals surface area contributed by atoms with Gasteiger partial charge in [0.2, 0.25) is 0 Å². The first-order chi connectivity index (χ1) is 13.0. The molecular formula is C22H23N3O2. The van der Waals surface area contributed by atoms with Gasteiger partial charge in [0.25, 0.3) is 0 Å². The van der Waals surface area contributed by atoms with Crippen LogP contribution in [0.5, 0.6) is 0 Å². The van der Waals surface area contributed by atoms with Crippen LogP contribution >= 0.6 is 0 Å². The summed E-state index contributed by atoms with van der Waals surface area (Å²) < 4.78 is 2.19. The summed E-state index contributed by atoms with van der Waals surface area (Å²) in [6.45, 7) is 10.2. The third-order valence-electron chi connectivity index (χ3n) is 5.56. The number of carboxylic acids is 1. The Bertz CT molecular complexity index is 1070. The lowest BCUT2D eigenvalue weighted by Crippen LogP contribution is -2.31. The number of benzene rings is 1. The van der Waals surface area contributed by atoms with Gasteiger partial charge in [-0.1, -0.05) is 30.3 Å². The van der Waals surface area contributed by atoms with Gasteiger partial charge in [-0.3, -0.25) is 0 Å². The van der Waals surface area contributed by atoms with Crippen LogP contribution in [-0.4, -0.2) is 27.2 Å². The zero-order valence-corrected chi connectivity index (χ0v) is 15.7. The van der Waals surface area contributed by atoms with Crippen LogP contribution in [0.15, 0.2) is 43.0 Å².